The summed E-state index contributed by atoms with van der Waals surface area (Å²) in [7, 11) is 0. The number of hydrogen-bond acceptors (Lipinski definition) is 4. The Balaban J connectivity index is 0.000000599. The van der Waals surface area contributed by atoms with E-state index in [1.807, 2.05) is 48.5 Å². The third kappa shape index (κ3) is 5.45. The van der Waals surface area contributed by atoms with E-state index < -0.39 is 10.5 Å². The minimum Gasteiger partial charge on any atom is -0.719 e. The van der Waals surface area contributed by atoms with Crippen LogP contribution in [0.5, 0.6) is 0 Å². The largest absolute Gasteiger partial charge is 2.00 e. The molecule has 0 aromatic heterocycles. The number of carbonyl (C=O) groups excluding carboxylic acids is 2. The van der Waals surface area contributed by atoms with Crippen molar-refractivity contribution in [1.29, 1.82) is 0 Å². The Morgan fingerprint density at radius 3 is 1.22 bits per heavy atom. The zero-order chi connectivity index (χ0) is 25.2. The van der Waals surface area contributed by atoms with Crippen molar-refractivity contribution in [3.63, 3.8) is 0 Å². The fourth-order valence-corrected chi connectivity index (χ4v) is 4.81. The van der Waals surface area contributed by atoms with Crippen LogP contribution >= 0.6 is 0 Å². The predicted octanol–water partition coefficient (Wildman–Crippen LogP) is 7.34. The van der Waals surface area contributed by atoms with Crippen LogP contribution < -0.4 is 10.6 Å². The predicted molar refractivity (Wildman–Crippen MR) is 161 cm³/mol. The SMILES string of the molecule is NC(=O)[S-].O=C([S-])N(c1cccc2cc3ccccc3cc12)c1cccc2cc3ccccc3cc12.[Mg+2]. The molecule has 0 aliphatic carbocycles. The van der Waals surface area contributed by atoms with Gasteiger partial charge in [-0.25, -0.2) is 0 Å². The Labute approximate surface area is 241 Å². The first-order valence-electron chi connectivity index (χ1n) is 11.2. The van der Waals surface area contributed by atoms with Crippen LogP contribution in [0.2, 0.25) is 0 Å². The number of amides is 2. The number of hydrogen-bond donors (Lipinski definition) is 1. The van der Waals surface area contributed by atoms with Crippen LogP contribution in [0.15, 0.2) is 109 Å². The van der Waals surface area contributed by atoms with Crippen LogP contribution in [-0.2, 0) is 25.3 Å². The van der Waals surface area contributed by atoms with Gasteiger partial charge in [0.25, 0.3) is 0 Å². The molecular weight excluding hydrogens is 509 g/mol. The molecule has 0 unspecified atom stereocenters. The maximum Gasteiger partial charge on any atom is 2.00 e. The molecule has 0 atom stereocenters. The van der Waals surface area contributed by atoms with Crippen molar-refractivity contribution in [2.24, 2.45) is 5.73 Å². The van der Waals surface area contributed by atoms with Gasteiger partial charge in [0.2, 0.25) is 0 Å². The van der Waals surface area contributed by atoms with Gasteiger partial charge in [-0.1, -0.05) is 72.8 Å². The van der Waals surface area contributed by atoms with Gasteiger partial charge in [0, 0.05) is 10.8 Å². The minimum atomic E-state index is -0.750. The smallest absolute Gasteiger partial charge is 0.719 e. The van der Waals surface area contributed by atoms with Crippen molar-refractivity contribution < 1.29 is 9.59 Å². The first-order chi connectivity index (χ1) is 17.4. The maximum atomic E-state index is 12.9. The normalized spacial score (nSPS) is 10.5. The molecule has 2 amide bonds. The molecule has 4 nitrogen and oxygen atoms in total. The van der Waals surface area contributed by atoms with E-state index in [4.69, 9.17) is 17.4 Å². The van der Waals surface area contributed by atoms with Crippen molar-refractivity contribution in [3.05, 3.63) is 109 Å². The molecule has 6 aromatic carbocycles. The van der Waals surface area contributed by atoms with Crippen molar-refractivity contribution in [2.45, 2.75) is 0 Å². The van der Waals surface area contributed by atoms with E-state index in [-0.39, 0.29) is 23.1 Å². The summed E-state index contributed by atoms with van der Waals surface area (Å²) in [5, 5.41) is 7.59. The fraction of sp³-hybridized carbons (Fsp3) is 0. The Bertz CT molecular complexity index is 1670. The van der Waals surface area contributed by atoms with Gasteiger partial charge in [0.05, 0.1) is 16.6 Å². The number of anilines is 2. The topological polar surface area (TPSA) is 63.4 Å². The molecule has 6 aromatic rings. The van der Waals surface area contributed by atoms with E-state index in [2.05, 4.69) is 79.0 Å². The third-order valence-corrected chi connectivity index (χ3v) is 6.29. The van der Waals surface area contributed by atoms with Gasteiger partial charge >= 0.3 is 23.1 Å². The van der Waals surface area contributed by atoms with E-state index >= 15 is 0 Å². The van der Waals surface area contributed by atoms with Crippen LogP contribution in [0.3, 0.4) is 0 Å². The monoisotopic (exact) mass is 528 g/mol. The minimum absolute atomic E-state index is 0. The first kappa shape index (κ1) is 26.6. The first-order valence-corrected chi connectivity index (χ1v) is 12.0. The zero-order valence-electron chi connectivity index (χ0n) is 19.8. The van der Waals surface area contributed by atoms with Gasteiger partial charge in [-0.3, -0.25) is 4.90 Å². The van der Waals surface area contributed by atoms with Crippen LogP contribution in [0.25, 0.3) is 43.1 Å². The molecule has 0 bridgehead atoms. The number of nitrogens with zero attached hydrogens (tertiary/aromatic N) is 1. The Morgan fingerprint density at radius 2 is 0.865 bits per heavy atom. The molecule has 6 rings (SSSR count). The molecule has 0 aliphatic rings. The van der Waals surface area contributed by atoms with Crippen LogP contribution in [0.4, 0.5) is 21.0 Å². The fourth-order valence-electron chi connectivity index (χ4n) is 4.62. The molecule has 176 valence electrons. The van der Waals surface area contributed by atoms with Crippen LogP contribution in [0.1, 0.15) is 0 Å². The standard InChI is InChI=1S/C29H19NOS.CH3NOS.Mg/c31-29(32)30(27-13-5-11-23-15-19-7-1-3-9-21(19)17-25(23)27)28-14-6-12-24-16-20-8-2-4-10-22(20)18-26(24)28;2-1(3)4;/h1-18H,(H,31,32);(H3,2,3,4);/q;;+2/p-2. The Kier molecular flexibility index (Phi) is 8.09. The third-order valence-electron chi connectivity index (χ3n) is 6.11. The summed E-state index contributed by atoms with van der Waals surface area (Å²) in [6, 6.07) is 37.2. The van der Waals surface area contributed by atoms with E-state index in [0.29, 0.717) is 0 Å². The molecule has 0 saturated carbocycles. The van der Waals surface area contributed by atoms with E-state index in [1.54, 1.807) is 4.90 Å². The molecule has 0 fully saturated rings. The molecule has 0 spiro atoms. The van der Waals surface area contributed by atoms with Crippen LogP contribution in [-0.4, -0.2) is 33.5 Å². The van der Waals surface area contributed by atoms with Crippen molar-refractivity contribution >= 4 is 113 Å². The van der Waals surface area contributed by atoms with Crippen molar-refractivity contribution in [1.82, 2.24) is 0 Å². The Morgan fingerprint density at radius 1 is 0.541 bits per heavy atom. The number of primary amides is 1. The molecule has 0 saturated heterocycles. The molecule has 37 heavy (non-hydrogen) atoms. The molecule has 0 heterocycles. The van der Waals surface area contributed by atoms with E-state index in [1.165, 1.54) is 10.8 Å². The quantitative estimate of drug-likeness (QED) is 0.145. The number of benzene rings is 6. The Hall–Kier alpha value is -3.49. The summed E-state index contributed by atoms with van der Waals surface area (Å²) in [4.78, 5) is 23.6. The number of nitrogens with two attached hydrogens (primary N) is 1. The molecule has 7 heteroatoms. The summed E-state index contributed by atoms with van der Waals surface area (Å²) in [6.07, 6.45) is 0. The summed E-state index contributed by atoms with van der Waals surface area (Å²) >= 11 is 9.03. The number of carbonyl (C=O) groups is 2. The van der Waals surface area contributed by atoms with Crippen molar-refractivity contribution in [2.75, 3.05) is 4.90 Å². The zero-order valence-corrected chi connectivity index (χ0v) is 22.8. The average molecular weight is 529 g/mol. The molecule has 0 aliphatic heterocycles. The van der Waals surface area contributed by atoms with E-state index in [0.717, 1.165) is 43.7 Å². The maximum absolute atomic E-state index is 12.9. The van der Waals surface area contributed by atoms with Crippen molar-refractivity contribution in [3.8, 4) is 0 Å². The summed E-state index contributed by atoms with van der Waals surface area (Å²) < 4.78 is 0. The van der Waals surface area contributed by atoms with Gasteiger partial charge < -0.3 is 40.6 Å². The second-order valence-corrected chi connectivity index (χ2v) is 9.07. The molecule has 2 N–H and O–H groups in total. The van der Waals surface area contributed by atoms with Gasteiger partial charge in [-0.15, -0.1) is 0 Å². The summed E-state index contributed by atoms with van der Waals surface area (Å²) in [6.45, 7) is 0. The van der Waals surface area contributed by atoms with Gasteiger partial charge in [-0.05, 0) is 68.7 Å². The van der Waals surface area contributed by atoms with E-state index in [9.17, 15) is 4.79 Å². The summed E-state index contributed by atoms with van der Waals surface area (Å²) in [5.41, 5.74) is 5.89. The van der Waals surface area contributed by atoms with Crippen LogP contribution in [0, 0.1) is 0 Å². The summed E-state index contributed by atoms with van der Waals surface area (Å²) in [5.74, 6) is 0. The van der Waals surface area contributed by atoms with Gasteiger partial charge in [0.15, 0.2) is 0 Å². The van der Waals surface area contributed by atoms with Gasteiger partial charge in [-0.2, -0.15) is 0 Å². The average Bonchev–Trinajstić information content (AvgIpc) is 2.86. The second-order valence-electron chi connectivity index (χ2n) is 8.32. The number of rotatable bonds is 2. The molecule has 0 radical (unpaired) electrons. The second kappa shape index (κ2) is 11.3. The van der Waals surface area contributed by atoms with Gasteiger partial charge in [0.1, 0.15) is 5.24 Å². The molecular formula is C30H20MgN2O2S2. The number of fused-ring (bicyclic) bond motifs is 4.